The van der Waals surface area contributed by atoms with Gasteiger partial charge < -0.3 is 15.1 Å². The van der Waals surface area contributed by atoms with Crippen LogP contribution in [0, 0.1) is 27.7 Å². The van der Waals surface area contributed by atoms with Crippen molar-refractivity contribution >= 4 is 29.2 Å². The van der Waals surface area contributed by atoms with Crippen molar-refractivity contribution in [1.29, 1.82) is 0 Å². The van der Waals surface area contributed by atoms with Crippen molar-refractivity contribution in [3.8, 4) is 0 Å². The first-order chi connectivity index (χ1) is 13.3. The highest BCUT2D eigenvalue weighted by molar-refractivity contribution is 5.64. The first kappa shape index (κ1) is 19.6. The van der Waals surface area contributed by atoms with Gasteiger partial charge in [-0.1, -0.05) is 12.1 Å². The molecule has 1 heterocycles. The molecule has 0 fully saturated rings. The van der Waals surface area contributed by atoms with E-state index in [2.05, 4.69) is 79.4 Å². The minimum absolute atomic E-state index is 0.535. The zero-order chi connectivity index (χ0) is 20.4. The summed E-state index contributed by atoms with van der Waals surface area (Å²) in [5, 5.41) is 3.05. The molecule has 0 radical (unpaired) electrons. The van der Waals surface area contributed by atoms with Crippen molar-refractivity contribution in [2.24, 2.45) is 0 Å². The number of rotatable bonds is 5. The van der Waals surface area contributed by atoms with Gasteiger partial charge in [-0.3, -0.25) is 0 Å². The van der Waals surface area contributed by atoms with Crippen molar-refractivity contribution in [2.75, 3.05) is 36.3 Å². The van der Waals surface area contributed by atoms with Crippen LogP contribution in [0.15, 0.2) is 36.4 Å². The first-order valence-corrected chi connectivity index (χ1v) is 9.34. The molecule has 6 nitrogen and oxygen atoms in total. The minimum Gasteiger partial charge on any atom is -0.357 e. The largest absolute Gasteiger partial charge is 0.357 e. The third kappa shape index (κ3) is 4.22. The van der Waals surface area contributed by atoms with Crippen LogP contribution in [0.2, 0.25) is 0 Å². The van der Waals surface area contributed by atoms with E-state index in [0.29, 0.717) is 17.8 Å². The molecule has 28 heavy (non-hydrogen) atoms. The highest BCUT2D eigenvalue weighted by Gasteiger charge is 2.16. The Kier molecular flexibility index (Phi) is 5.49. The molecule has 0 aliphatic heterocycles. The maximum atomic E-state index is 4.74. The monoisotopic (exact) mass is 376 g/mol. The quantitative estimate of drug-likeness (QED) is 0.697. The summed E-state index contributed by atoms with van der Waals surface area (Å²) in [7, 11) is 5.77. The lowest BCUT2D eigenvalue weighted by molar-refractivity contribution is 0.951. The topological polar surface area (TPSA) is 57.2 Å². The Bertz CT molecular complexity index is 882. The van der Waals surface area contributed by atoms with Crippen LogP contribution >= 0.6 is 0 Å². The number of hydrogen-bond acceptors (Lipinski definition) is 6. The van der Waals surface area contributed by atoms with Crippen LogP contribution in [0.1, 0.15) is 22.3 Å². The highest BCUT2D eigenvalue weighted by Crippen LogP contribution is 2.28. The van der Waals surface area contributed by atoms with Gasteiger partial charge in [-0.15, -0.1) is 0 Å². The van der Waals surface area contributed by atoms with Gasteiger partial charge in [-0.05, 0) is 74.2 Å². The molecule has 0 atom stereocenters. The van der Waals surface area contributed by atoms with Gasteiger partial charge in [0.05, 0.1) is 0 Å². The first-order valence-electron chi connectivity index (χ1n) is 9.34. The number of hydrogen-bond donors (Lipinski definition) is 1. The van der Waals surface area contributed by atoms with Crippen LogP contribution in [-0.4, -0.2) is 36.1 Å². The number of aryl methyl sites for hydroxylation is 4. The van der Waals surface area contributed by atoms with E-state index in [0.717, 1.165) is 11.4 Å². The fourth-order valence-corrected chi connectivity index (χ4v) is 3.29. The maximum absolute atomic E-state index is 4.74. The van der Waals surface area contributed by atoms with Gasteiger partial charge in [-0.2, -0.15) is 15.0 Å². The van der Waals surface area contributed by atoms with Crippen LogP contribution < -0.4 is 15.1 Å². The van der Waals surface area contributed by atoms with E-state index >= 15 is 0 Å². The summed E-state index contributed by atoms with van der Waals surface area (Å²) in [6, 6.07) is 12.8. The second-order valence-electron chi connectivity index (χ2n) is 7.32. The van der Waals surface area contributed by atoms with Crippen molar-refractivity contribution in [1.82, 2.24) is 15.0 Å². The molecule has 0 saturated heterocycles. The smallest absolute Gasteiger partial charge is 0.236 e. The molecule has 1 aromatic heterocycles. The van der Waals surface area contributed by atoms with Gasteiger partial charge in [-0.25, -0.2) is 0 Å². The minimum atomic E-state index is 0.535. The number of aromatic nitrogens is 3. The van der Waals surface area contributed by atoms with Crippen molar-refractivity contribution in [3.63, 3.8) is 0 Å². The molecular formula is C22H28N6. The summed E-state index contributed by atoms with van der Waals surface area (Å²) in [5.41, 5.74) is 6.92. The number of nitrogens with one attached hydrogen (secondary N) is 1. The van der Waals surface area contributed by atoms with Crippen LogP contribution in [0.3, 0.4) is 0 Å². The van der Waals surface area contributed by atoms with E-state index in [-0.39, 0.29) is 0 Å². The molecule has 6 heteroatoms. The molecule has 3 aromatic rings. The SMILES string of the molecule is CNc1nc(N(C)c2cc(C)cc(C)c2)nc(N(C)c2cc(C)cc(C)c2)n1. The van der Waals surface area contributed by atoms with E-state index in [1.807, 2.05) is 30.9 Å². The zero-order valence-corrected chi connectivity index (χ0v) is 17.7. The predicted molar refractivity (Wildman–Crippen MR) is 117 cm³/mol. The molecule has 0 unspecified atom stereocenters. The number of nitrogens with zero attached hydrogens (tertiary/aromatic N) is 5. The Morgan fingerprint density at radius 1 is 0.607 bits per heavy atom. The summed E-state index contributed by atoms with van der Waals surface area (Å²) in [4.78, 5) is 17.8. The lowest BCUT2D eigenvalue weighted by Gasteiger charge is -2.23. The molecular weight excluding hydrogens is 348 g/mol. The normalized spacial score (nSPS) is 10.7. The summed E-state index contributed by atoms with van der Waals surface area (Å²) in [5.74, 6) is 1.72. The molecule has 0 aliphatic rings. The van der Waals surface area contributed by atoms with E-state index < -0.39 is 0 Å². The molecule has 0 bridgehead atoms. The molecule has 0 spiro atoms. The molecule has 146 valence electrons. The Morgan fingerprint density at radius 2 is 0.964 bits per heavy atom. The van der Waals surface area contributed by atoms with Crippen LogP contribution in [0.4, 0.5) is 29.2 Å². The summed E-state index contributed by atoms with van der Waals surface area (Å²) in [6.07, 6.45) is 0. The molecule has 2 aromatic carbocycles. The molecule has 0 saturated carbocycles. The maximum Gasteiger partial charge on any atom is 0.236 e. The van der Waals surface area contributed by atoms with E-state index in [1.165, 1.54) is 22.3 Å². The Labute approximate surface area is 167 Å². The standard InChI is InChI=1S/C22H28N6/c1-14-8-15(2)11-18(10-14)27(6)21-24-20(23-5)25-22(26-21)28(7)19-12-16(3)9-17(4)13-19/h8-13H,1-7H3,(H,23,24,25,26). The lowest BCUT2D eigenvalue weighted by atomic mass is 10.1. The fraction of sp³-hybridized carbons (Fsp3) is 0.318. The van der Waals surface area contributed by atoms with Crippen LogP contribution in [0.25, 0.3) is 0 Å². The predicted octanol–water partition coefficient (Wildman–Crippen LogP) is 4.68. The van der Waals surface area contributed by atoms with Crippen molar-refractivity contribution < 1.29 is 0 Å². The fourth-order valence-electron chi connectivity index (χ4n) is 3.29. The second-order valence-corrected chi connectivity index (χ2v) is 7.32. The van der Waals surface area contributed by atoms with Crippen molar-refractivity contribution in [2.45, 2.75) is 27.7 Å². The van der Waals surface area contributed by atoms with Gasteiger partial charge in [0, 0.05) is 32.5 Å². The van der Waals surface area contributed by atoms with Gasteiger partial charge in [0.2, 0.25) is 17.8 Å². The summed E-state index contributed by atoms with van der Waals surface area (Å²) in [6.45, 7) is 8.37. The van der Waals surface area contributed by atoms with Gasteiger partial charge in [0.25, 0.3) is 0 Å². The van der Waals surface area contributed by atoms with E-state index in [4.69, 9.17) is 4.98 Å². The second kappa shape index (κ2) is 7.84. The molecule has 3 rings (SSSR count). The Balaban J connectivity index is 2.04. The average Bonchev–Trinajstić information content (AvgIpc) is 2.64. The zero-order valence-electron chi connectivity index (χ0n) is 17.7. The highest BCUT2D eigenvalue weighted by atomic mass is 15.3. The third-order valence-corrected chi connectivity index (χ3v) is 4.62. The molecule has 1 N–H and O–H groups in total. The Hall–Kier alpha value is -3.15. The molecule has 0 amide bonds. The average molecular weight is 377 g/mol. The van der Waals surface area contributed by atoms with Crippen molar-refractivity contribution in [3.05, 3.63) is 58.7 Å². The third-order valence-electron chi connectivity index (χ3n) is 4.62. The van der Waals surface area contributed by atoms with E-state index in [1.54, 1.807) is 0 Å². The van der Waals surface area contributed by atoms with Gasteiger partial charge >= 0.3 is 0 Å². The summed E-state index contributed by atoms with van der Waals surface area (Å²) >= 11 is 0. The number of benzene rings is 2. The lowest BCUT2D eigenvalue weighted by Crippen LogP contribution is -2.20. The Morgan fingerprint density at radius 3 is 1.29 bits per heavy atom. The number of anilines is 5. The molecule has 0 aliphatic carbocycles. The van der Waals surface area contributed by atoms with Crippen LogP contribution in [-0.2, 0) is 0 Å². The van der Waals surface area contributed by atoms with E-state index in [9.17, 15) is 0 Å². The summed E-state index contributed by atoms with van der Waals surface area (Å²) < 4.78 is 0. The van der Waals surface area contributed by atoms with Gasteiger partial charge in [0.1, 0.15) is 0 Å². The van der Waals surface area contributed by atoms with Gasteiger partial charge in [0.15, 0.2) is 0 Å². The van der Waals surface area contributed by atoms with Crippen LogP contribution in [0.5, 0.6) is 0 Å².